The van der Waals surface area contributed by atoms with Crippen molar-refractivity contribution in [2.75, 3.05) is 25.0 Å². The number of amides is 1. The van der Waals surface area contributed by atoms with Gasteiger partial charge in [0.05, 0.1) is 0 Å². The van der Waals surface area contributed by atoms with E-state index in [4.69, 9.17) is 0 Å². The maximum atomic E-state index is 11.5. The summed E-state index contributed by atoms with van der Waals surface area (Å²) in [6.07, 6.45) is 2.75. The molecule has 2 atom stereocenters. The SMILES string of the molecule is CNCc1ccc(N2CCC3NC(=O)CCC3C2)cc1Br. The third-order valence-corrected chi connectivity index (χ3v) is 5.33. The van der Waals surface area contributed by atoms with Gasteiger partial charge in [0.1, 0.15) is 0 Å². The van der Waals surface area contributed by atoms with E-state index in [1.807, 2.05) is 7.05 Å². The van der Waals surface area contributed by atoms with Crippen LogP contribution in [0.25, 0.3) is 0 Å². The molecule has 2 aliphatic rings. The summed E-state index contributed by atoms with van der Waals surface area (Å²) in [6, 6.07) is 6.99. The Hall–Kier alpha value is -1.07. The van der Waals surface area contributed by atoms with Gasteiger partial charge in [-0.05, 0) is 43.5 Å². The van der Waals surface area contributed by atoms with Crippen LogP contribution in [-0.2, 0) is 11.3 Å². The Bertz CT molecular complexity index is 534. The highest BCUT2D eigenvalue weighted by Crippen LogP contribution is 2.31. The standard InChI is InChI=1S/C16H22BrN3O/c1-18-9-11-2-4-13(8-14(11)17)20-7-6-15-12(10-20)3-5-16(21)19-15/h2,4,8,12,15,18H,3,5-7,9-10H2,1H3,(H,19,21). The summed E-state index contributed by atoms with van der Waals surface area (Å²) in [6.45, 7) is 2.93. The Morgan fingerprint density at radius 3 is 3.05 bits per heavy atom. The van der Waals surface area contributed by atoms with E-state index in [-0.39, 0.29) is 5.91 Å². The second-order valence-corrected chi connectivity index (χ2v) is 6.87. The number of rotatable bonds is 3. The molecule has 1 amide bonds. The molecule has 0 saturated carbocycles. The van der Waals surface area contributed by atoms with Gasteiger partial charge in [0.25, 0.3) is 0 Å². The molecule has 2 N–H and O–H groups in total. The zero-order chi connectivity index (χ0) is 14.8. The lowest BCUT2D eigenvalue weighted by Gasteiger charge is -2.42. The molecule has 2 fully saturated rings. The quantitative estimate of drug-likeness (QED) is 0.877. The smallest absolute Gasteiger partial charge is 0.220 e. The van der Waals surface area contributed by atoms with E-state index in [0.29, 0.717) is 18.4 Å². The van der Waals surface area contributed by atoms with Gasteiger partial charge >= 0.3 is 0 Å². The normalized spacial score (nSPS) is 25.4. The predicted molar refractivity (Wildman–Crippen MR) is 88.4 cm³/mol. The fourth-order valence-electron chi connectivity index (χ4n) is 3.41. The molecule has 1 aromatic rings. The third-order valence-electron chi connectivity index (χ3n) is 4.59. The van der Waals surface area contributed by atoms with E-state index in [9.17, 15) is 4.79 Å². The number of anilines is 1. The van der Waals surface area contributed by atoms with Crippen LogP contribution in [0.2, 0.25) is 0 Å². The molecule has 2 unspecified atom stereocenters. The molecule has 0 radical (unpaired) electrons. The summed E-state index contributed by atoms with van der Waals surface area (Å²) < 4.78 is 1.16. The minimum Gasteiger partial charge on any atom is -0.371 e. The van der Waals surface area contributed by atoms with Crippen molar-refractivity contribution in [2.45, 2.75) is 31.8 Å². The average molecular weight is 352 g/mol. The second-order valence-electron chi connectivity index (χ2n) is 6.01. The van der Waals surface area contributed by atoms with Gasteiger partial charge in [0.2, 0.25) is 5.91 Å². The van der Waals surface area contributed by atoms with Gasteiger partial charge in [-0.1, -0.05) is 22.0 Å². The number of hydrogen-bond donors (Lipinski definition) is 2. The fourth-order valence-corrected chi connectivity index (χ4v) is 3.92. The van der Waals surface area contributed by atoms with Gasteiger partial charge in [0, 0.05) is 42.3 Å². The molecular formula is C16H22BrN3O. The van der Waals surface area contributed by atoms with Crippen molar-refractivity contribution in [3.8, 4) is 0 Å². The number of carbonyl (C=O) groups is 1. The summed E-state index contributed by atoms with van der Waals surface area (Å²) in [7, 11) is 1.96. The molecular weight excluding hydrogens is 330 g/mol. The summed E-state index contributed by atoms with van der Waals surface area (Å²) in [5.41, 5.74) is 2.55. The molecule has 2 heterocycles. The van der Waals surface area contributed by atoms with Crippen molar-refractivity contribution >= 4 is 27.5 Å². The summed E-state index contributed by atoms with van der Waals surface area (Å²) in [5, 5.41) is 6.33. The van der Waals surface area contributed by atoms with Gasteiger partial charge in [-0.25, -0.2) is 0 Å². The molecule has 2 saturated heterocycles. The number of hydrogen-bond acceptors (Lipinski definition) is 3. The van der Waals surface area contributed by atoms with E-state index in [1.54, 1.807) is 0 Å². The summed E-state index contributed by atoms with van der Waals surface area (Å²) >= 11 is 3.67. The molecule has 21 heavy (non-hydrogen) atoms. The molecule has 1 aromatic carbocycles. The lowest BCUT2D eigenvalue weighted by molar-refractivity contribution is -0.124. The van der Waals surface area contributed by atoms with E-state index in [1.165, 1.54) is 11.3 Å². The maximum absolute atomic E-state index is 11.5. The van der Waals surface area contributed by atoms with Crippen LogP contribution in [0.3, 0.4) is 0 Å². The summed E-state index contributed by atoms with van der Waals surface area (Å²) in [5.74, 6) is 0.816. The highest BCUT2D eigenvalue weighted by atomic mass is 79.9. The minimum atomic E-state index is 0.226. The van der Waals surface area contributed by atoms with Gasteiger partial charge in [-0.3, -0.25) is 4.79 Å². The van der Waals surface area contributed by atoms with Crippen molar-refractivity contribution in [1.82, 2.24) is 10.6 Å². The van der Waals surface area contributed by atoms with Crippen molar-refractivity contribution in [3.63, 3.8) is 0 Å². The minimum absolute atomic E-state index is 0.226. The zero-order valence-electron chi connectivity index (χ0n) is 12.4. The Balaban J connectivity index is 1.70. The van der Waals surface area contributed by atoms with Crippen LogP contribution >= 0.6 is 15.9 Å². The van der Waals surface area contributed by atoms with Crippen LogP contribution in [0, 0.1) is 5.92 Å². The van der Waals surface area contributed by atoms with Crippen LogP contribution in [0.15, 0.2) is 22.7 Å². The molecule has 0 spiro atoms. The second kappa shape index (κ2) is 6.36. The Labute approximate surface area is 134 Å². The number of halogens is 1. The van der Waals surface area contributed by atoms with E-state index in [0.717, 1.165) is 36.9 Å². The van der Waals surface area contributed by atoms with Gasteiger partial charge in [-0.15, -0.1) is 0 Å². The topological polar surface area (TPSA) is 44.4 Å². The Morgan fingerprint density at radius 2 is 2.29 bits per heavy atom. The van der Waals surface area contributed by atoms with Crippen molar-refractivity contribution < 1.29 is 4.79 Å². The maximum Gasteiger partial charge on any atom is 0.220 e. The van der Waals surface area contributed by atoms with Gasteiger partial charge in [-0.2, -0.15) is 0 Å². The molecule has 0 aliphatic carbocycles. The first kappa shape index (κ1) is 14.9. The Morgan fingerprint density at radius 1 is 1.43 bits per heavy atom. The molecule has 0 aromatic heterocycles. The number of piperidine rings is 2. The summed E-state index contributed by atoms with van der Waals surface area (Å²) in [4.78, 5) is 13.9. The highest BCUT2D eigenvalue weighted by molar-refractivity contribution is 9.10. The van der Waals surface area contributed by atoms with E-state index >= 15 is 0 Å². The van der Waals surface area contributed by atoms with Crippen LogP contribution < -0.4 is 15.5 Å². The van der Waals surface area contributed by atoms with Gasteiger partial charge < -0.3 is 15.5 Å². The van der Waals surface area contributed by atoms with Crippen LogP contribution in [0.5, 0.6) is 0 Å². The monoisotopic (exact) mass is 351 g/mol. The first-order valence-corrected chi connectivity index (χ1v) is 8.44. The van der Waals surface area contributed by atoms with Gasteiger partial charge in [0.15, 0.2) is 0 Å². The largest absolute Gasteiger partial charge is 0.371 e. The molecule has 114 valence electrons. The number of nitrogens with one attached hydrogen (secondary N) is 2. The van der Waals surface area contributed by atoms with Crippen LogP contribution in [0.1, 0.15) is 24.8 Å². The molecule has 0 bridgehead atoms. The highest BCUT2D eigenvalue weighted by Gasteiger charge is 2.33. The van der Waals surface area contributed by atoms with Crippen molar-refractivity contribution in [1.29, 1.82) is 0 Å². The molecule has 4 nitrogen and oxygen atoms in total. The average Bonchev–Trinajstić information content (AvgIpc) is 2.49. The van der Waals surface area contributed by atoms with Crippen LogP contribution in [0.4, 0.5) is 5.69 Å². The van der Waals surface area contributed by atoms with E-state index in [2.05, 4.69) is 49.7 Å². The lowest BCUT2D eigenvalue weighted by atomic mass is 9.85. The molecule has 2 aliphatic heterocycles. The van der Waals surface area contributed by atoms with E-state index < -0.39 is 0 Å². The molecule has 5 heteroatoms. The Kier molecular flexibility index (Phi) is 4.50. The number of nitrogens with zero attached hydrogens (tertiary/aromatic N) is 1. The third kappa shape index (κ3) is 3.24. The number of carbonyl (C=O) groups excluding carboxylic acids is 1. The van der Waals surface area contributed by atoms with Crippen LogP contribution in [-0.4, -0.2) is 32.1 Å². The first-order chi connectivity index (χ1) is 10.2. The number of benzene rings is 1. The lowest BCUT2D eigenvalue weighted by Crippen LogP contribution is -2.54. The predicted octanol–water partition coefficient (Wildman–Crippen LogP) is 2.27. The van der Waals surface area contributed by atoms with Crippen molar-refractivity contribution in [2.24, 2.45) is 5.92 Å². The van der Waals surface area contributed by atoms with Crippen molar-refractivity contribution in [3.05, 3.63) is 28.2 Å². The zero-order valence-corrected chi connectivity index (χ0v) is 13.9. The first-order valence-electron chi connectivity index (χ1n) is 7.64. The fraction of sp³-hybridized carbons (Fsp3) is 0.562. The number of fused-ring (bicyclic) bond motifs is 1. The molecule has 3 rings (SSSR count).